The van der Waals surface area contributed by atoms with Crippen LogP contribution in [0.2, 0.25) is 0 Å². The van der Waals surface area contributed by atoms with E-state index in [0.717, 1.165) is 13.0 Å². The maximum Gasteiger partial charge on any atom is 0.0963 e. The monoisotopic (exact) mass is 259 g/mol. The van der Waals surface area contributed by atoms with Crippen molar-refractivity contribution >= 4 is 11.5 Å². The molecule has 0 spiro atoms. The van der Waals surface area contributed by atoms with Crippen molar-refractivity contribution in [2.24, 2.45) is 11.1 Å². The van der Waals surface area contributed by atoms with Gasteiger partial charge in [-0.15, -0.1) is 0 Å². The van der Waals surface area contributed by atoms with Gasteiger partial charge in [-0.2, -0.15) is 0 Å². The minimum Gasteiger partial charge on any atom is -0.387 e. The van der Waals surface area contributed by atoms with E-state index in [9.17, 15) is 0 Å². The standard InChI is InChI=1S/C16H25N3/c1-12-8-9-13-6-4-5-7-14(13)19(12)11-10-16(2,3)15(17)18/h4-7,12H,8-11H2,1-3H3,(H3,17,18). The average molecular weight is 259 g/mol. The van der Waals surface area contributed by atoms with Gasteiger partial charge in [0.1, 0.15) is 0 Å². The highest BCUT2D eigenvalue weighted by atomic mass is 15.2. The highest BCUT2D eigenvalue weighted by molar-refractivity contribution is 5.82. The van der Waals surface area contributed by atoms with Crippen LogP contribution < -0.4 is 10.6 Å². The number of hydrogen-bond donors (Lipinski definition) is 2. The van der Waals surface area contributed by atoms with E-state index < -0.39 is 0 Å². The fraction of sp³-hybridized carbons (Fsp3) is 0.562. The number of nitrogens with two attached hydrogens (primary N) is 1. The van der Waals surface area contributed by atoms with Crippen molar-refractivity contribution in [3.05, 3.63) is 29.8 Å². The molecule has 0 fully saturated rings. The van der Waals surface area contributed by atoms with E-state index in [1.807, 2.05) is 0 Å². The van der Waals surface area contributed by atoms with Crippen molar-refractivity contribution in [2.75, 3.05) is 11.4 Å². The number of fused-ring (bicyclic) bond motifs is 1. The van der Waals surface area contributed by atoms with E-state index in [1.165, 1.54) is 24.1 Å². The maximum absolute atomic E-state index is 7.67. The molecule has 1 aromatic carbocycles. The molecular formula is C16H25N3. The number of anilines is 1. The summed E-state index contributed by atoms with van der Waals surface area (Å²) in [5, 5.41) is 7.67. The number of benzene rings is 1. The Morgan fingerprint density at radius 2 is 2.11 bits per heavy atom. The minimum atomic E-state index is -0.216. The molecule has 3 heteroatoms. The molecule has 3 nitrogen and oxygen atoms in total. The van der Waals surface area contributed by atoms with Crippen LogP contribution in [0, 0.1) is 10.8 Å². The molecule has 1 aromatic rings. The smallest absolute Gasteiger partial charge is 0.0963 e. The zero-order chi connectivity index (χ0) is 14.0. The Balaban J connectivity index is 2.14. The van der Waals surface area contributed by atoms with E-state index in [1.54, 1.807) is 0 Å². The van der Waals surface area contributed by atoms with E-state index in [4.69, 9.17) is 11.1 Å². The van der Waals surface area contributed by atoms with Crippen LogP contribution >= 0.6 is 0 Å². The molecule has 0 aliphatic carbocycles. The average Bonchev–Trinajstić information content (AvgIpc) is 2.37. The van der Waals surface area contributed by atoms with Crippen molar-refractivity contribution in [1.82, 2.24) is 0 Å². The third kappa shape index (κ3) is 2.91. The first kappa shape index (κ1) is 13.9. The summed E-state index contributed by atoms with van der Waals surface area (Å²) < 4.78 is 0. The first-order valence-electron chi connectivity index (χ1n) is 7.11. The van der Waals surface area contributed by atoms with Gasteiger partial charge in [-0.3, -0.25) is 5.41 Å². The molecule has 3 N–H and O–H groups in total. The molecule has 0 saturated heterocycles. The van der Waals surface area contributed by atoms with Gasteiger partial charge in [0.15, 0.2) is 0 Å². The quantitative estimate of drug-likeness (QED) is 0.644. The number of hydrogen-bond acceptors (Lipinski definition) is 2. The highest BCUT2D eigenvalue weighted by Crippen LogP contribution is 2.32. The predicted molar refractivity (Wildman–Crippen MR) is 81.9 cm³/mol. The summed E-state index contributed by atoms with van der Waals surface area (Å²) in [7, 11) is 0. The Morgan fingerprint density at radius 3 is 2.79 bits per heavy atom. The molecule has 19 heavy (non-hydrogen) atoms. The summed E-state index contributed by atoms with van der Waals surface area (Å²) >= 11 is 0. The Labute approximate surface area is 116 Å². The number of amidine groups is 1. The molecule has 1 aliphatic heterocycles. The lowest BCUT2D eigenvalue weighted by molar-refractivity contribution is 0.443. The summed E-state index contributed by atoms with van der Waals surface area (Å²) in [5.41, 5.74) is 8.27. The third-order valence-electron chi connectivity index (χ3n) is 4.37. The van der Waals surface area contributed by atoms with Crippen LogP contribution in [0.5, 0.6) is 0 Å². The normalized spacial score (nSPS) is 19.1. The van der Waals surface area contributed by atoms with E-state index >= 15 is 0 Å². The number of nitrogens with one attached hydrogen (secondary N) is 1. The van der Waals surface area contributed by atoms with Crippen molar-refractivity contribution in [2.45, 2.75) is 46.1 Å². The lowest BCUT2D eigenvalue weighted by Crippen LogP contribution is -2.41. The highest BCUT2D eigenvalue weighted by Gasteiger charge is 2.27. The number of para-hydroxylation sites is 1. The second kappa shape index (κ2) is 5.24. The summed E-state index contributed by atoms with van der Waals surface area (Å²) in [6, 6.07) is 9.24. The summed E-state index contributed by atoms with van der Waals surface area (Å²) in [6.45, 7) is 7.35. The van der Waals surface area contributed by atoms with E-state index in [0.29, 0.717) is 6.04 Å². The summed E-state index contributed by atoms with van der Waals surface area (Å²) in [4.78, 5) is 2.48. The van der Waals surface area contributed by atoms with Crippen molar-refractivity contribution < 1.29 is 0 Å². The van der Waals surface area contributed by atoms with Gasteiger partial charge in [-0.1, -0.05) is 32.0 Å². The van der Waals surface area contributed by atoms with Crippen molar-refractivity contribution in [1.29, 1.82) is 5.41 Å². The number of nitrogens with zero attached hydrogens (tertiary/aromatic N) is 1. The molecule has 0 saturated carbocycles. The molecule has 2 rings (SSSR count). The largest absolute Gasteiger partial charge is 0.387 e. The topological polar surface area (TPSA) is 53.1 Å². The predicted octanol–water partition coefficient (Wildman–Crippen LogP) is 3.18. The van der Waals surface area contributed by atoms with Crippen molar-refractivity contribution in [3.8, 4) is 0 Å². The summed E-state index contributed by atoms with van der Waals surface area (Å²) in [6.07, 6.45) is 3.29. The lowest BCUT2D eigenvalue weighted by atomic mass is 9.87. The number of rotatable bonds is 4. The van der Waals surface area contributed by atoms with Gasteiger partial charge in [0, 0.05) is 23.7 Å². The third-order valence-corrected chi connectivity index (χ3v) is 4.37. The SMILES string of the molecule is CC1CCc2ccccc2N1CCC(C)(C)C(=N)N. The van der Waals surface area contributed by atoms with Gasteiger partial charge >= 0.3 is 0 Å². The zero-order valence-electron chi connectivity index (χ0n) is 12.2. The molecule has 1 aliphatic rings. The second-order valence-corrected chi connectivity index (χ2v) is 6.26. The van der Waals surface area contributed by atoms with Crippen molar-refractivity contribution in [3.63, 3.8) is 0 Å². The van der Waals surface area contributed by atoms with Crippen LogP contribution in [0.1, 0.15) is 39.2 Å². The van der Waals surface area contributed by atoms with Crippen LogP contribution in [0.25, 0.3) is 0 Å². The summed E-state index contributed by atoms with van der Waals surface area (Å²) in [5.74, 6) is 0.283. The first-order valence-corrected chi connectivity index (χ1v) is 7.11. The minimum absolute atomic E-state index is 0.216. The molecule has 104 valence electrons. The maximum atomic E-state index is 7.67. The van der Waals surface area contributed by atoms with Crippen LogP contribution in [0.15, 0.2) is 24.3 Å². The Bertz CT molecular complexity index is 465. The van der Waals surface area contributed by atoms with Crippen LogP contribution in [0.4, 0.5) is 5.69 Å². The number of aryl methyl sites for hydroxylation is 1. The molecule has 1 atom stereocenters. The van der Waals surface area contributed by atoms with Gasteiger partial charge in [0.05, 0.1) is 5.84 Å². The second-order valence-electron chi connectivity index (χ2n) is 6.26. The van der Waals surface area contributed by atoms with E-state index in [2.05, 4.69) is 49.9 Å². The fourth-order valence-electron chi connectivity index (χ4n) is 2.64. The Kier molecular flexibility index (Phi) is 3.83. The first-order chi connectivity index (χ1) is 8.92. The Morgan fingerprint density at radius 1 is 1.42 bits per heavy atom. The molecule has 1 heterocycles. The molecule has 1 unspecified atom stereocenters. The van der Waals surface area contributed by atoms with Gasteiger partial charge in [-0.05, 0) is 37.8 Å². The molecule has 0 aromatic heterocycles. The van der Waals surface area contributed by atoms with Crippen LogP contribution in [0.3, 0.4) is 0 Å². The van der Waals surface area contributed by atoms with Gasteiger partial charge < -0.3 is 10.6 Å². The van der Waals surface area contributed by atoms with Gasteiger partial charge in [0.25, 0.3) is 0 Å². The van der Waals surface area contributed by atoms with E-state index in [-0.39, 0.29) is 11.3 Å². The molecule has 0 bridgehead atoms. The molecular weight excluding hydrogens is 234 g/mol. The molecule has 0 radical (unpaired) electrons. The fourth-order valence-corrected chi connectivity index (χ4v) is 2.64. The van der Waals surface area contributed by atoms with Crippen LogP contribution in [-0.2, 0) is 6.42 Å². The van der Waals surface area contributed by atoms with Crippen LogP contribution in [-0.4, -0.2) is 18.4 Å². The van der Waals surface area contributed by atoms with Gasteiger partial charge in [0.2, 0.25) is 0 Å². The Hall–Kier alpha value is -1.51. The molecule has 0 amide bonds. The lowest BCUT2D eigenvalue weighted by Gasteiger charge is -2.39. The zero-order valence-corrected chi connectivity index (χ0v) is 12.2. The van der Waals surface area contributed by atoms with Gasteiger partial charge in [-0.25, -0.2) is 0 Å².